The lowest BCUT2D eigenvalue weighted by Crippen LogP contribution is -2.26. The molecular formula is C41H23BrS. The molecular weight excluding hydrogens is 604 g/mol. The van der Waals surface area contributed by atoms with Crippen LogP contribution in [0.2, 0.25) is 0 Å². The first-order chi connectivity index (χ1) is 21.2. The molecule has 0 N–H and O–H groups in total. The van der Waals surface area contributed by atoms with Gasteiger partial charge in [0.05, 0.1) is 5.41 Å². The van der Waals surface area contributed by atoms with E-state index in [1.807, 2.05) is 11.3 Å². The number of rotatable bonds is 1. The van der Waals surface area contributed by atoms with E-state index in [-0.39, 0.29) is 5.41 Å². The minimum absolute atomic E-state index is 0.376. The van der Waals surface area contributed by atoms with E-state index < -0.39 is 0 Å². The third-order valence-electron chi connectivity index (χ3n) is 9.73. The summed E-state index contributed by atoms with van der Waals surface area (Å²) in [6, 6.07) is 52.5. The van der Waals surface area contributed by atoms with E-state index in [1.54, 1.807) is 0 Å². The van der Waals surface area contributed by atoms with Crippen LogP contribution in [0.3, 0.4) is 0 Å². The van der Waals surface area contributed by atoms with Gasteiger partial charge in [-0.25, -0.2) is 0 Å². The normalized spacial score (nSPS) is 16.1. The first-order valence-corrected chi connectivity index (χ1v) is 16.3. The lowest BCUT2D eigenvalue weighted by atomic mass is 9.69. The van der Waals surface area contributed by atoms with Crippen LogP contribution in [0.15, 0.2) is 144 Å². The Morgan fingerprint density at radius 3 is 1.88 bits per heavy atom. The highest BCUT2D eigenvalue weighted by Crippen LogP contribution is 2.64. The highest BCUT2D eigenvalue weighted by molar-refractivity contribution is 9.10. The average Bonchev–Trinajstić information content (AvgIpc) is 3.68. The van der Waals surface area contributed by atoms with Crippen molar-refractivity contribution in [2.45, 2.75) is 5.41 Å². The Kier molecular flexibility index (Phi) is 4.76. The summed E-state index contributed by atoms with van der Waals surface area (Å²) in [5, 5.41) is 5.25. The van der Waals surface area contributed by atoms with Crippen LogP contribution in [0.4, 0.5) is 0 Å². The summed E-state index contributed by atoms with van der Waals surface area (Å²) in [5.74, 6) is 0. The van der Waals surface area contributed by atoms with Gasteiger partial charge in [-0.1, -0.05) is 119 Å². The molecule has 0 bridgehead atoms. The van der Waals surface area contributed by atoms with Crippen LogP contribution in [0, 0.1) is 0 Å². The van der Waals surface area contributed by atoms with Gasteiger partial charge in [0.15, 0.2) is 0 Å². The second kappa shape index (κ2) is 8.54. The molecule has 1 spiro atoms. The van der Waals surface area contributed by atoms with E-state index in [0.717, 1.165) is 4.47 Å². The fourth-order valence-corrected chi connectivity index (χ4v) is 9.46. The Morgan fingerprint density at radius 1 is 0.442 bits per heavy atom. The minimum Gasteiger partial charge on any atom is -0.135 e. The smallest absolute Gasteiger partial charge is 0.0731 e. The summed E-state index contributed by atoms with van der Waals surface area (Å²) < 4.78 is 3.77. The maximum Gasteiger partial charge on any atom is 0.0731 e. The van der Waals surface area contributed by atoms with Crippen LogP contribution < -0.4 is 0 Å². The SMILES string of the molecule is Brc1ccc2sc3ccc(-c4ccc5c(c4)C4(c6ccccc6-5)c5ccccc5-c5ccc6ccccc6c54)cc3c2c1. The molecule has 1 heterocycles. The van der Waals surface area contributed by atoms with Crippen molar-refractivity contribution < 1.29 is 0 Å². The first-order valence-electron chi connectivity index (χ1n) is 14.7. The summed E-state index contributed by atoms with van der Waals surface area (Å²) >= 11 is 5.56. The van der Waals surface area contributed by atoms with Crippen molar-refractivity contribution in [3.63, 3.8) is 0 Å². The van der Waals surface area contributed by atoms with Gasteiger partial charge in [0.2, 0.25) is 0 Å². The van der Waals surface area contributed by atoms with Crippen molar-refractivity contribution in [2.75, 3.05) is 0 Å². The standard InChI is InChI=1S/C41H23BrS/c42-27-16-20-39-34(23-27)33-21-25(15-19-38(33)43-39)26-14-17-31-29-9-3-5-11-35(29)41(37(31)22-26)36-12-6-4-10-30(36)32-18-13-24-7-1-2-8-28(24)40(32)41/h1-23H. The Morgan fingerprint density at radius 2 is 1.05 bits per heavy atom. The van der Waals surface area contributed by atoms with Gasteiger partial charge in [-0.2, -0.15) is 0 Å². The van der Waals surface area contributed by atoms with E-state index >= 15 is 0 Å². The molecule has 1 atom stereocenters. The maximum atomic E-state index is 3.70. The zero-order valence-corrected chi connectivity index (χ0v) is 25.5. The second-order valence-electron chi connectivity index (χ2n) is 11.8. The first kappa shape index (κ1) is 24.0. The van der Waals surface area contributed by atoms with Crippen LogP contribution >= 0.6 is 27.3 Å². The minimum atomic E-state index is -0.376. The largest absolute Gasteiger partial charge is 0.135 e. The highest BCUT2D eigenvalue weighted by atomic mass is 79.9. The molecule has 200 valence electrons. The van der Waals surface area contributed by atoms with Gasteiger partial charge in [0.1, 0.15) is 0 Å². The van der Waals surface area contributed by atoms with Gasteiger partial charge >= 0.3 is 0 Å². The molecule has 0 saturated heterocycles. The van der Waals surface area contributed by atoms with Crippen LogP contribution in [0.1, 0.15) is 22.3 Å². The summed E-state index contributed by atoms with van der Waals surface area (Å²) in [6.07, 6.45) is 0. The summed E-state index contributed by atoms with van der Waals surface area (Å²) in [4.78, 5) is 0. The molecule has 0 amide bonds. The quantitative estimate of drug-likeness (QED) is 0.170. The average molecular weight is 628 g/mol. The Bertz CT molecular complexity index is 2470. The fourth-order valence-electron chi connectivity index (χ4n) is 8.03. The fraction of sp³-hybridized carbons (Fsp3) is 0.0244. The molecule has 2 heteroatoms. The molecule has 0 saturated carbocycles. The molecule has 1 aromatic heterocycles. The predicted molar refractivity (Wildman–Crippen MR) is 186 cm³/mol. The third-order valence-corrected chi connectivity index (χ3v) is 11.4. The molecule has 8 aromatic rings. The molecule has 2 aliphatic rings. The molecule has 0 radical (unpaired) electrons. The summed E-state index contributed by atoms with van der Waals surface area (Å²) in [7, 11) is 0. The zero-order valence-electron chi connectivity index (χ0n) is 23.1. The molecule has 7 aromatic carbocycles. The van der Waals surface area contributed by atoms with E-state index in [1.165, 1.54) is 86.6 Å². The van der Waals surface area contributed by atoms with E-state index in [0.29, 0.717) is 0 Å². The summed E-state index contributed by atoms with van der Waals surface area (Å²) in [5.41, 5.74) is 13.1. The van der Waals surface area contributed by atoms with Gasteiger partial charge in [0, 0.05) is 24.6 Å². The van der Waals surface area contributed by atoms with Crippen LogP contribution in [0.5, 0.6) is 0 Å². The highest BCUT2D eigenvalue weighted by Gasteiger charge is 2.52. The lowest BCUT2D eigenvalue weighted by Gasteiger charge is -2.31. The van der Waals surface area contributed by atoms with Gasteiger partial charge < -0.3 is 0 Å². The van der Waals surface area contributed by atoms with E-state index in [2.05, 4.69) is 155 Å². The number of halogens is 1. The molecule has 0 nitrogen and oxygen atoms in total. The van der Waals surface area contributed by atoms with Crippen molar-refractivity contribution in [3.05, 3.63) is 166 Å². The maximum absolute atomic E-state index is 3.70. The number of thiophene rings is 1. The molecule has 0 aliphatic heterocycles. The van der Waals surface area contributed by atoms with E-state index in [9.17, 15) is 0 Å². The van der Waals surface area contributed by atoms with Gasteiger partial charge in [-0.3, -0.25) is 0 Å². The monoisotopic (exact) mass is 626 g/mol. The van der Waals surface area contributed by atoms with Crippen LogP contribution in [-0.4, -0.2) is 0 Å². The summed E-state index contributed by atoms with van der Waals surface area (Å²) in [6.45, 7) is 0. The van der Waals surface area contributed by atoms with Gasteiger partial charge in [-0.05, 0) is 103 Å². The van der Waals surface area contributed by atoms with Crippen molar-refractivity contribution in [1.29, 1.82) is 0 Å². The Hall–Kier alpha value is -4.50. The van der Waals surface area contributed by atoms with Crippen molar-refractivity contribution in [1.82, 2.24) is 0 Å². The van der Waals surface area contributed by atoms with Crippen molar-refractivity contribution in [2.24, 2.45) is 0 Å². The molecule has 0 fully saturated rings. The number of hydrogen-bond donors (Lipinski definition) is 0. The third kappa shape index (κ3) is 3.05. The number of benzene rings is 7. The Balaban J connectivity index is 1.31. The number of hydrogen-bond acceptors (Lipinski definition) is 1. The number of fused-ring (bicyclic) bond motifs is 15. The van der Waals surface area contributed by atoms with Crippen molar-refractivity contribution >= 4 is 58.2 Å². The second-order valence-corrected chi connectivity index (χ2v) is 13.8. The molecule has 2 aliphatic carbocycles. The molecule has 1 unspecified atom stereocenters. The van der Waals surface area contributed by atoms with E-state index in [4.69, 9.17) is 0 Å². The van der Waals surface area contributed by atoms with Gasteiger partial charge in [-0.15, -0.1) is 11.3 Å². The lowest BCUT2D eigenvalue weighted by molar-refractivity contribution is 0.801. The van der Waals surface area contributed by atoms with Crippen molar-refractivity contribution in [3.8, 4) is 33.4 Å². The Labute approximate surface area is 262 Å². The van der Waals surface area contributed by atoms with Crippen LogP contribution in [-0.2, 0) is 5.41 Å². The molecule has 43 heavy (non-hydrogen) atoms. The van der Waals surface area contributed by atoms with Crippen LogP contribution in [0.25, 0.3) is 64.3 Å². The topological polar surface area (TPSA) is 0 Å². The zero-order chi connectivity index (χ0) is 28.3. The van der Waals surface area contributed by atoms with Gasteiger partial charge in [0.25, 0.3) is 0 Å². The predicted octanol–water partition coefficient (Wildman–Crippen LogP) is 12.0. The molecule has 10 rings (SSSR count).